The Morgan fingerprint density at radius 1 is 1.22 bits per heavy atom. The molecule has 4 nitrogen and oxygen atoms in total. The average molecular weight is 319 g/mol. The van der Waals surface area contributed by atoms with Gasteiger partial charge in [0.1, 0.15) is 6.29 Å². The lowest BCUT2D eigenvalue weighted by molar-refractivity contribution is -0.108. The van der Waals surface area contributed by atoms with E-state index in [0.717, 1.165) is 30.8 Å². The number of nitrogens with zero attached hydrogens (tertiary/aromatic N) is 1. The van der Waals surface area contributed by atoms with Crippen molar-refractivity contribution in [2.45, 2.75) is 38.6 Å². The molecule has 0 saturated heterocycles. The summed E-state index contributed by atoms with van der Waals surface area (Å²) in [5.74, 6) is 2.77. The van der Waals surface area contributed by atoms with E-state index < -0.39 is 0 Å². The van der Waals surface area contributed by atoms with Crippen LogP contribution in [-0.2, 0) is 11.2 Å². The van der Waals surface area contributed by atoms with Crippen LogP contribution in [0.5, 0.6) is 11.5 Å². The fourth-order valence-corrected chi connectivity index (χ4v) is 3.80. The van der Waals surface area contributed by atoms with Gasteiger partial charge in [-0.25, -0.2) is 0 Å². The Balaban J connectivity index is 1.95. The molecule has 0 aliphatic heterocycles. The Hall–Kier alpha value is -1.55. The van der Waals surface area contributed by atoms with Gasteiger partial charge < -0.3 is 19.2 Å². The van der Waals surface area contributed by atoms with Crippen LogP contribution in [0.1, 0.15) is 31.7 Å². The molecule has 0 heterocycles. The second-order valence-corrected chi connectivity index (χ2v) is 6.73. The molecule has 1 aliphatic rings. The van der Waals surface area contributed by atoms with Gasteiger partial charge in [-0.05, 0) is 55.8 Å². The van der Waals surface area contributed by atoms with Crippen LogP contribution in [0.4, 0.5) is 0 Å². The fourth-order valence-electron chi connectivity index (χ4n) is 3.80. The van der Waals surface area contributed by atoms with Crippen molar-refractivity contribution < 1.29 is 14.3 Å². The number of benzene rings is 1. The second-order valence-electron chi connectivity index (χ2n) is 6.73. The number of ether oxygens (including phenoxy) is 2. The first-order chi connectivity index (χ1) is 11.1. The van der Waals surface area contributed by atoms with Crippen molar-refractivity contribution in [3.8, 4) is 11.5 Å². The number of rotatable bonds is 8. The summed E-state index contributed by atoms with van der Waals surface area (Å²) in [5, 5.41) is 0. The number of methoxy groups -OCH3 is 2. The lowest BCUT2D eigenvalue weighted by Crippen LogP contribution is -2.36. The van der Waals surface area contributed by atoms with E-state index in [1.165, 1.54) is 18.4 Å². The van der Waals surface area contributed by atoms with Crippen molar-refractivity contribution in [3.05, 3.63) is 23.8 Å². The largest absolute Gasteiger partial charge is 0.493 e. The molecule has 0 spiro atoms. The van der Waals surface area contributed by atoms with Gasteiger partial charge in [0, 0.05) is 19.0 Å². The van der Waals surface area contributed by atoms with E-state index in [2.05, 4.69) is 24.9 Å². The normalized spacial score (nSPS) is 24.0. The molecule has 3 atom stereocenters. The number of hydrogen-bond acceptors (Lipinski definition) is 4. The standard InChI is InChI=1S/C19H29NO3/c1-14-11-16(8-10-21)17(12-14)20(2)9-7-15-5-6-18(22-3)19(13-15)23-4/h5-6,10,13-14,16-17H,7-9,11-12H2,1-4H3. The van der Waals surface area contributed by atoms with Gasteiger partial charge in [0.25, 0.3) is 0 Å². The van der Waals surface area contributed by atoms with Crippen molar-refractivity contribution >= 4 is 6.29 Å². The zero-order valence-corrected chi connectivity index (χ0v) is 14.7. The van der Waals surface area contributed by atoms with Crippen molar-refractivity contribution in [2.24, 2.45) is 11.8 Å². The lowest BCUT2D eigenvalue weighted by Gasteiger charge is -2.29. The predicted molar refractivity (Wildman–Crippen MR) is 92.2 cm³/mol. The Labute approximate surface area is 139 Å². The molecule has 1 fully saturated rings. The molecule has 0 N–H and O–H groups in total. The Kier molecular flexibility index (Phi) is 6.46. The number of carbonyl (C=O) groups excluding carboxylic acids is 1. The third-order valence-corrected chi connectivity index (χ3v) is 5.06. The molecule has 0 amide bonds. The maximum absolute atomic E-state index is 10.9. The minimum atomic E-state index is 0.512. The van der Waals surface area contributed by atoms with Crippen molar-refractivity contribution in [1.82, 2.24) is 4.90 Å². The van der Waals surface area contributed by atoms with Gasteiger partial charge in [-0.3, -0.25) is 0 Å². The zero-order valence-electron chi connectivity index (χ0n) is 14.7. The molecular formula is C19H29NO3. The smallest absolute Gasteiger partial charge is 0.160 e. The summed E-state index contributed by atoms with van der Waals surface area (Å²) < 4.78 is 10.7. The van der Waals surface area contributed by atoms with Crippen LogP contribution in [0.2, 0.25) is 0 Å². The van der Waals surface area contributed by atoms with Crippen LogP contribution in [0.3, 0.4) is 0 Å². The molecule has 23 heavy (non-hydrogen) atoms. The maximum Gasteiger partial charge on any atom is 0.160 e. The molecule has 128 valence electrons. The van der Waals surface area contributed by atoms with E-state index in [4.69, 9.17) is 9.47 Å². The molecule has 3 unspecified atom stereocenters. The molecular weight excluding hydrogens is 290 g/mol. The van der Waals surface area contributed by atoms with Gasteiger partial charge in [-0.1, -0.05) is 13.0 Å². The van der Waals surface area contributed by atoms with E-state index in [-0.39, 0.29) is 0 Å². The molecule has 0 radical (unpaired) electrons. The van der Waals surface area contributed by atoms with Crippen molar-refractivity contribution in [2.75, 3.05) is 27.8 Å². The highest BCUT2D eigenvalue weighted by atomic mass is 16.5. The molecule has 1 aromatic carbocycles. The van der Waals surface area contributed by atoms with Crippen LogP contribution >= 0.6 is 0 Å². The van der Waals surface area contributed by atoms with E-state index in [9.17, 15) is 4.79 Å². The SMILES string of the molecule is COc1ccc(CCN(C)C2CC(C)CC2CC=O)cc1OC. The van der Waals surface area contributed by atoms with E-state index in [0.29, 0.717) is 24.3 Å². The average Bonchev–Trinajstić information content (AvgIpc) is 2.93. The van der Waals surface area contributed by atoms with Gasteiger partial charge >= 0.3 is 0 Å². The van der Waals surface area contributed by atoms with Crippen LogP contribution in [0.25, 0.3) is 0 Å². The number of likely N-dealkylation sites (N-methyl/N-ethyl adjacent to an activating group) is 1. The lowest BCUT2D eigenvalue weighted by atomic mass is 9.98. The molecule has 4 heteroatoms. The predicted octanol–water partition coefficient (Wildman–Crippen LogP) is 3.18. The molecule has 1 saturated carbocycles. The summed E-state index contributed by atoms with van der Waals surface area (Å²) in [6.07, 6.45) is 5.11. The van der Waals surface area contributed by atoms with E-state index >= 15 is 0 Å². The highest BCUT2D eigenvalue weighted by molar-refractivity contribution is 5.50. The highest BCUT2D eigenvalue weighted by Gasteiger charge is 2.33. The second kappa shape index (κ2) is 8.34. The van der Waals surface area contributed by atoms with Crippen molar-refractivity contribution in [1.29, 1.82) is 0 Å². The molecule has 0 bridgehead atoms. The summed E-state index contributed by atoms with van der Waals surface area (Å²) in [4.78, 5) is 13.3. The first-order valence-electron chi connectivity index (χ1n) is 8.43. The van der Waals surface area contributed by atoms with Gasteiger partial charge in [0.05, 0.1) is 14.2 Å². The van der Waals surface area contributed by atoms with Gasteiger partial charge in [0.2, 0.25) is 0 Å². The van der Waals surface area contributed by atoms with Crippen molar-refractivity contribution in [3.63, 3.8) is 0 Å². The Bertz CT molecular complexity index is 517. The zero-order chi connectivity index (χ0) is 16.8. The Morgan fingerprint density at radius 3 is 2.61 bits per heavy atom. The first kappa shape index (κ1) is 17.8. The summed E-state index contributed by atoms with van der Waals surface area (Å²) in [7, 11) is 5.50. The van der Waals surface area contributed by atoms with Crippen LogP contribution in [0, 0.1) is 11.8 Å². The molecule has 1 aliphatic carbocycles. The summed E-state index contributed by atoms with van der Waals surface area (Å²) in [5.41, 5.74) is 1.24. The van der Waals surface area contributed by atoms with Gasteiger partial charge in [0.15, 0.2) is 11.5 Å². The van der Waals surface area contributed by atoms with Crippen LogP contribution in [-0.4, -0.2) is 45.0 Å². The summed E-state index contributed by atoms with van der Waals surface area (Å²) >= 11 is 0. The van der Waals surface area contributed by atoms with Crippen LogP contribution < -0.4 is 9.47 Å². The summed E-state index contributed by atoms with van der Waals surface area (Å²) in [6.45, 7) is 3.28. The first-order valence-corrected chi connectivity index (χ1v) is 8.43. The monoisotopic (exact) mass is 319 g/mol. The minimum absolute atomic E-state index is 0.512. The molecule has 2 rings (SSSR count). The number of hydrogen-bond donors (Lipinski definition) is 0. The summed E-state index contributed by atoms with van der Waals surface area (Å²) in [6, 6.07) is 6.62. The Morgan fingerprint density at radius 2 is 1.96 bits per heavy atom. The molecule has 1 aromatic rings. The number of carbonyl (C=O) groups is 1. The van der Waals surface area contributed by atoms with E-state index in [1.54, 1.807) is 14.2 Å². The number of aldehydes is 1. The third-order valence-electron chi connectivity index (χ3n) is 5.06. The van der Waals surface area contributed by atoms with Crippen LogP contribution in [0.15, 0.2) is 18.2 Å². The van der Waals surface area contributed by atoms with Gasteiger partial charge in [-0.2, -0.15) is 0 Å². The van der Waals surface area contributed by atoms with E-state index in [1.807, 2.05) is 12.1 Å². The quantitative estimate of drug-likeness (QED) is 0.690. The topological polar surface area (TPSA) is 38.8 Å². The maximum atomic E-state index is 10.9. The van der Waals surface area contributed by atoms with Gasteiger partial charge in [-0.15, -0.1) is 0 Å². The highest BCUT2D eigenvalue weighted by Crippen LogP contribution is 2.35. The third kappa shape index (κ3) is 4.47. The minimum Gasteiger partial charge on any atom is -0.493 e. The molecule has 0 aromatic heterocycles. The fraction of sp³-hybridized carbons (Fsp3) is 0.632.